The number of anilines is 1. The lowest BCUT2D eigenvalue weighted by molar-refractivity contribution is -0.137. The highest BCUT2D eigenvalue weighted by Gasteiger charge is 2.40. The average Bonchev–Trinajstić information content (AvgIpc) is 3.80. The number of nitrogens with one attached hydrogen (secondary N) is 3. The van der Waals surface area contributed by atoms with Crippen molar-refractivity contribution in [2.24, 2.45) is 4.99 Å². The van der Waals surface area contributed by atoms with Crippen LogP contribution in [0.5, 0.6) is 0 Å². The van der Waals surface area contributed by atoms with E-state index in [0.29, 0.717) is 60.6 Å². The zero-order valence-electron chi connectivity index (χ0n) is 31.7. The van der Waals surface area contributed by atoms with Crippen LogP contribution in [-0.4, -0.2) is 104 Å². The fourth-order valence-corrected chi connectivity index (χ4v) is 9.14. The van der Waals surface area contributed by atoms with Gasteiger partial charge in [-0.15, -0.1) is 21.5 Å². The number of aromatic nitrogens is 3. The minimum Gasteiger partial charge on any atom is -0.384 e. The van der Waals surface area contributed by atoms with Crippen LogP contribution in [0.4, 0.5) is 5.69 Å². The minimum atomic E-state index is -0.793. The Morgan fingerprint density at radius 3 is 2.51 bits per heavy atom. The summed E-state index contributed by atoms with van der Waals surface area (Å²) in [5, 5.41) is 17.9. The summed E-state index contributed by atoms with van der Waals surface area (Å²) >= 11 is 7.89. The minimum absolute atomic E-state index is 0.157. The fraction of sp³-hybridized carbons (Fsp3) is 0.350. The maximum absolute atomic E-state index is 14.1. The highest BCUT2D eigenvalue weighted by Crippen LogP contribution is 2.41. The number of halogens is 1. The lowest BCUT2D eigenvalue weighted by Gasteiger charge is -2.35. The predicted octanol–water partition coefficient (Wildman–Crippen LogP) is 3.79. The van der Waals surface area contributed by atoms with Gasteiger partial charge in [-0.1, -0.05) is 36.4 Å². The van der Waals surface area contributed by atoms with Gasteiger partial charge >= 0.3 is 0 Å². The van der Waals surface area contributed by atoms with Crippen molar-refractivity contribution in [1.82, 2.24) is 40.3 Å². The number of fused-ring (bicyclic) bond motifs is 4. The summed E-state index contributed by atoms with van der Waals surface area (Å²) in [7, 11) is 0. The quantitative estimate of drug-likeness (QED) is 0.168. The number of carbonyl (C=O) groups excluding carboxylic acids is 5. The summed E-state index contributed by atoms with van der Waals surface area (Å²) < 4.78 is 1.98. The first-order valence-corrected chi connectivity index (χ1v) is 20.0. The molecule has 8 rings (SSSR count). The van der Waals surface area contributed by atoms with Gasteiger partial charge in [-0.3, -0.25) is 44.3 Å². The molecule has 0 saturated carbocycles. The third-order valence-electron chi connectivity index (χ3n) is 11.0. The number of carbonyl (C=O) groups is 5. The molecule has 2 aromatic carbocycles. The molecular weight excluding hydrogens is 768 g/mol. The van der Waals surface area contributed by atoms with Crippen molar-refractivity contribution in [2.45, 2.75) is 58.7 Å². The molecule has 4 aliphatic rings. The first kappa shape index (κ1) is 38.2. The summed E-state index contributed by atoms with van der Waals surface area (Å²) in [6, 6.07) is 11.3. The van der Waals surface area contributed by atoms with E-state index in [4.69, 9.17) is 16.6 Å². The molecule has 0 bridgehead atoms. The number of imide groups is 1. The van der Waals surface area contributed by atoms with Crippen LogP contribution in [0.1, 0.15) is 74.4 Å². The first-order chi connectivity index (χ1) is 27.4. The smallest absolute Gasteiger partial charge is 0.255 e. The number of benzene rings is 2. The Bertz CT molecular complexity index is 2380. The molecule has 0 spiro atoms. The largest absolute Gasteiger partial charge is 0.384 e. The molecule has 2 fully saturated rings. The van der Waals surface area contributed by atoms with Gasteiger partial charge in [-0.25, -0.2) is 5.01 Å². The van der Waals surface area contributed by atoms with E-state index in [0.717, 1.165) is 37.8 Å². The van der Waals surface area contributed by atoms with Crippen molar-refractivity contribution in [1.29, 1.82) is 0 Å². The summed E-state index contributed by atoms with van der Waals surface area (Å²) in [6.45, 7) is 12.4. The van der Waals surface area contributed by atoms with Gasteiger partial charge in [0.1, 0.15) is 22.9 Å². The van der Waals surface area contributed by atoms with Gasteiger partial charge in [0.05, 0.1) is 5.71 Å². The normalized spacial score (nSPS) is 19.3. The summed E-state index contributed by atoms with van der Waals surface area (Å²) in [5.74, 6) is -0.293. The van der Waals surface area contributed by atoms with E-state index in [-0.39, 0.29) is 55.0 Å². The Balaban J connectivity index is 0.886. The zero-order chi connectivity index (χ0) is 40.1. The van der Waals surface area contributed by atoms with Gasteiger partial charge in [0.2, 0.25) is 17.7 Å². The second-order valence-electron chi connectivity index (χ2n) is 14.5. The van der Waals surface area contributed by atoms with E-state index >= 15 is 0 Å². The number of rotatable bonds is 9. The number of piperidine rings is 1. The number of hydrazine groups is 1. The van der Waals surface area contributed by atoms with Crippen molar-refractivity contribution in [2.75, 3.05) is 38.0 Å². The average molecular weight is 809 g/mol. The van der Waals surface area contributed by atoms with Crippen LogP contribution in [0, 0.1) is 20.8 Å². The number of hydrogen-bond donors (Lipinski definition) is 3. The molecule has 6 heterocycles. The topological polar surface area (TPSA) is 174 Å². The van der Waals surface area contributed by atoms with Crippen molar-refractivity contribution in [3.05, 3.63) is 104 Å². The third-order valence-corrected chi connectivity index (χ3v) is 12.4. The summed E-state index contributed by atoms with van der Waals surface area (Å²) in [6.07, 6.45) is 0.621. The second-order valence-corrected chi connectivity index (χ2v) is 16.2. The molecule has 2 aromatic heterocycles. The molecule has 4 aromatic rings. The van der Waals surface area contributed by atoms with E-state index in [1.807, 2.05) is 41.8 Å². The van der Waals surface area contributed by atoms with Gasteiger partial charge in [0.25, 0.3) is 11.8 Å². The van der Waals surface area contributed by atoms with Crippen LogP contribution >= 0.6 is 22.9 Å². The Morgan fingerprint density at radius 2 is 1.77 bits per heavy atom. The lowest BCUT2D eigenvalue weighted by atomic mass is 9.99. The van der Waals surface area contributed by atoms with Gasteiger partial charge in [-0.2, -0.15) is 0 Å². The van der Waals surface area contributed by atoms with Gasteiger partial charge in [0, 0.05) is 95.5 Å². The molecule has 0 radical (unpaired) electrons. The highest BCUT2D eigenvalue weighted by atomic mass is 35.5. The molecule has 15 nitrogen and oxygen atoms in total. The molecule has 2 saturated heterocycles. The number of hydrogen-bond acceptors (Lipinski definition) is 11. The predicted molar refractivity (Wildman–Crippen MR) is 214 cm³/mol. The van der Waals surface area contributed by atoms with E-state index in [1.165, 1.54) is 4.90 Å². The van der Waals surface area contributed by atoms with E-state index in [9.17, 15) is 24.0 Å². The maximum atomic E-state index is 14.1. The first-order valence-electron chi connectivity index (χ1n) is 18.8. The molecule has 0 aliphatic carbocycles. The van der Waals surface area contributed by atoms with Crippen LogP contribution in [0.2, 0.25) is 5.02 Å². The molecule has 294 valence electrons. The lowest BCUT2D eigenvalue weighted by Crippen LogP contribution is -2.55. The SMILES string of the molecule is C=C(C(=O)N1CCN(NC(=O)CCNc2cccc3c2CN(C2CCC(=O)NC2=O)C3=O)CC1)[C@@H]1N=C(c2ccc(Cl)cc2)c2c(sc(C)c2C)-n2c(C)nnc21. The molecule has 5 amide bonds. The molecular formula is C40H41ClN10O5S. The number of thiophene rings is 1. The monoisotopic (exact) mass is 808 g/mol. The number of aryl methyl sites for hydroxylation is 2. The number of nitrogens with zero attached hydrogens (tertiary/aromatic N) is 7. The summed E-state index contributed by atoms with van der Waals surface area (Å²) in [4.78, 5) is 74.0. The summed E-state index contributed by atoms with van der Waals surface area (Å²) in [5.41, 5.74) is 8.83. The highest BCUT2D eigenvalue weighted by molar-refractivity contribution is 7.15. The molecule has 57 heavy (non-hydrogen) atoms. The van der Waals surface area contributed by atoms with Gasteiger partial charge in [0.15, 0.2) is 5.82 Å². The zero-order valence-corrected chi connectivity index (χ0v) is 33.3. The van der Waals surface area contributed by atoms with Crippen LogP contribution in [0.3, 0.4) is 0 Å². The number of aliphatic imine (C=N–C) groups is 1. The van der Waals surface area contributed by atoms with Crippen LogP contribution in [0.25, 0.3) is 5.00 Å². The second kappa shape index (κ2) is 15.3. The van der Waals surface area contributed by atoms with Crippen LogP contribution in [-0.2, 0) is 25.7 Å². The van der Waals surface area contributed by atoms with Gasteiger partial charge < -0.3 is 15.1 Å². The van der Waals surface area contributed by atoms with Crippen molar-refractivity contribution in [3.63, 3.8) is 0 Å². The number of piperazine rings is 1. The molecule has 4 aliphatic heterocycles. The van der Waals surface area contributed by atoms with Crippen LogP contribution in [0.15, 0.2) is 59.6 Å². The van der Waals surface area contributed by atoms with E-state index in [1.54, 1.807) is 33.4 Å². The molecule has 2 atom stereocenters. The molecule has 3 N–H and O–H groups in total. The van der Waals surface area contributed by atoms with Crippen molar-refractivity contribution < 1.29 is 24.0 Å². The number of amides is 5. The van der Waals surface area contributed by atoms with E-state index in [2.05, 4.69) is 46.7 Å². The Labute approximate surface area is 337 Å². The Kier molecular flexibility index (Phi) is 10.3. The molecule has 1 unspecified atom stereocenters. The molecule has 17 heteroatoms. The van der Waals surface area contributed by atoms with Crippen molar-refractivity contribution >= 4 is 63.9 Å². The maximum Gasteiger partial charge on any atom is 0.255 e. The van der Waals surface area contributed by atoms with Crippen LogP contribution < -0.4 is 16.1 Å². The third kappa shape index (κ3) is 7.13. The van der Waals surface area contributed by atoms with E-state index < -0.39 is 18.0 Å². The Morgan fingerprint density at radius 1 is 1.02 bits per heavy atom. The fourth-order valence-electron chi connectivity index (χ4n) is 7.80. The van der Waals surface area contributed by atoms with Crippen molar-refractivity contribution in [3.8, 4) is 5.00 Å². The van der Waals surface area contributed by atoms with Gasteiger partial charge in [-0.05, 0) is 57.0 Å². The standard InChI is InChI=1S/C40H41ClN10O5S/c1-21-23(3)57-40-33(21)35(25-8-10-26(41)11-9-25)44-34(36-46-45-24(4)51(36)40)22(2)38(55)48-16-18-49(19-17-48)47-32(53)14-15-42-29-7-5-6-27-28(29)20-50(39(27)56)30-12-13-31(52)43-37(30)54/h5-11,30,34,42H,2,12-20H2,1,3-4H3,(H,47,53)(H,43,52,54)/t30?,34-/m0/s1. The Hall–Kier alpha value is -5.71.